The van der Waals surface area contributed by atoms with Crippen molar-refractivity contribution in [1.82, 2.24) is 9.88 Å². The minimum atomic E-state index is -4.78. The maximum Gasteiger partial charge on any atom is 0.406 e. The summed E-state index contributed by atoms with van der Waals surface area (Å²) in [7, 11) is 0. The second-order valence-electron chi connectivity index (χ2n) is 6.71. The van der Waals surface area contributed by atoms with Gasteiger partial charge in [0.2, 0.25) is 5.89 Å². The third-order valence-electron chi connectivity index (χ3n) is 3.95. The first kappa shape index (κ1) is 16.8. The van der Waals surface area contributed by atoms with Crippen LogP contribution in [0.15, 0.2) is 10.6 Å². The van der Waals surface area contributed by atoms with Crippen LogP contribution in [-0.2, 0) is 16.8 Å². The number of nitrogens with zero attached hydrogens (tertiary/aromatic N) is 2. The maximum absolute atomic E-state index is 13.1. The van der Waals surface area contributed by atoms with Crippen LogP contribution in [0.3, 0.4) is 0 Å². The molecule has 0 spiro atoms. The molecule has 1 aromatic heterocycles. The standard InChI is InChI=1S/C14H19F3N2O3/c1-12(2,3)9-6-18-10(22-9)7-19-5-4-13(8-19,11(20)21)14(15,16)17/h6H,4-5,7-8H2,1-3H3,(H,20,21). The van der Waals surface area contributed by atoms with Gasteiger partial charge in [0.25, 0.3) is 0 Å². The quantitative estimate of drug-likeness (QED) is 0.927. The first-order valence-electron chi connectivity index (χ1n) is 6.93. The number of likely N-dealkylation sites (tertiary alicyclic amines) is 1. The fourth-order valence-corrected chi connectivity index (χ4v) is 2.47. The van der Waals surface area contributed by atoms with E-state index < -0.39 is 30.5 Å². The lowest BCUT2D eigenvalue weighted by Gasteiger charge is -2.27. The molecular formula is C14H19F3N2O3. The lowest BCUT2D eigenvalue weighted by molar-refractivity contribution is -0.227. The van der Waals surface area contributed by atoms with E-state index in [0.717, 1.165) is 0 Å². The molecule has 1 unspecified atom stereocenters. The molecule has 1 saturated heterocycles. The van der Waals surface area contributed by atoms with Crippen molar-refractivity contribution >= 4 is 5.97 Å². The molecule has 124 valence electrons. The molecule has 0 saturated carbocycles. The summed E-state index contributed by atoms with van der Waals surface area (Å²) in [6, 6.07) is 0. The minimum Gasteiger partial charge on any atom is -0.481 e. The molecule has 1 atom stereocenters. The summed E-state index contributed by atoms with van der Waals surface area (Å²) < 4.78 is 44.8. The summed E-state index contributed by atoms with van der Waals surface area (Å²) >= 11 is 0. The number of halogens is 3. The van der Waals surface area contributed by atoms with Crippen LogP contribution in [0.25, 0.3) is 0 Å². The van der Waals surface area contributed by atoms with Gasteiger partial charge < -0.3 is 9.52 Å². The van der Waals surface area contributed by atoms with Gasteiger partial charge in [-0.1, -0.05) is 20.8 Å². The molecule has 0 aromatic carbocycles. The Morgan fingerprint density at radius 2 is 2.09 bits per heavy atom. The Hall–Kier alpha value is -1.57. The molecule has 2 rings (SSSR count). The zero-order valence-corrected chi connectivity index (χ0v) is 12.7. The second-order valence-corrected chi connectivity index (χ2v) is 6.71. The Morgan fingerprint density at radius 3 is 2.50 bits per heavy atom. The summed E-state index contributed by atoms with van der Waals surface area (Å²) in [6.45, 7) is 5.34. The van der Waals surface area contributed by atoms with E-state index in [9.17, 15) is 18.0 Å². The van der Waals surface area contributed by atoms with Gasteiger partial charge in [0.1, 0.15) is 5.76 Å². The predicted octanol–water partition coefficient (Wildman–Crippen LogP) is 2.81. The molecule has 0 aliphatic carbocycles. The van der Waals surface area contributed by atoms with E-state index in [0.29, 0.717) is 11.7 Å². The number of oxazole rings is 1. The van der Waals surface area contributed by atoms with Crippen LogP contribution < -0.4 is 0 Å². The lowest BCUT2D eigenvalue weighted by Crippen LogP contribution is -2.47. The Labute approximate surface area is 126 Å². The molecule has 1 N–H and O–H groups in total. The van der Waals surface area contributed by atoms with E-state index in [2.05, 4.69) is 4.98 Å². The second kappa shape index (κ2) is 5.26. The highest BCUT2D eigenvalue weighted by molar-refractivity contribution is 5.76. The summed E-state index contributed by atoms with van der Waals surface area (Å²) in [5.74, 6) is -0.888. The smallest absolute Gasteiger partial charge is 0.406 e. The predicted molar refractivity (Wildman–Crippen MR) is 71.2 cm³/mol. The molecule has 1 aromatic rings. The molecule has 0 amide bonds. The Kier molecular flexibility index (Phi) is 4.01. The molecule has 8 heteroatoms. The Morgan fingerprint density at radius 1 is 1.45 bits per heavy atom. The van der Waals surface area contributed by atoms with Crippen LogP contribution in [0.1, 0.15) is 38.8 Å². The molecular weight excluding hydrogens is 301 g/mol. The Bertz CT molecular complexity index is 562. The largest absolute Gasteiger partial charge is 0.481 e. The first-order chi connectivity index (χ1) is 9.96. The zero-order chi connectivity index (χ0) is 16.8. The summed E-state index contributed by atoms with van der Waals surface area (Å²) in [5, 5.41) is 9.01. The van der Waals surface area contributed by atoms with Crippen LogP contribution in [0.5, 0.6) is 0 Å². The van der Waals surface area contributed by atoms with Gasteiger partial charge in [-0.2, -0.15) is 13.2 Å². The third-order valence-corrected chi connectivity index (χ3v) is 3.95. The Balaban J connectivity index is 2.11. The SMILES string of the molecule is CC(C)(C)c1cnc(CN2CCC(C(=O)O)(C(F)(F)F)C2)o1. The van der Waals surface area contributed by atoms with Crippen molar-refractivity contribution in [3.8, 4) is 0 Å². The molecule has 1 aliphatic rings. The monoisotopic (exact) mass is 320 g/mol. The molecule has 5 nitrogen and oxygen atoms in total. The number of hydrogen-bond donors (Lipinski definition) is 1. The van der Waals surface area contributed by atoms with E-state index in [4.69, 9.17) is 9.52 Å². The average Bonchev–Trinajstić information content (AvgIpc) is 2.94. The van der Waals surface area contributed by atoms with Crippen LogP contribution >= 0.6 is 0 Å². The highest BCUT2D eigenvalue weighted by Crippen LogP contribution is 2.46. The van der Waals surface area contributed by atoms with Crippen molar-refractivity contribution < 1.29 is 27.5 Å². The van der Waals surface area contributed by atoms with Crippen LogP contribution in [-0.4, -0.2) is 40.2 Å². The molecule has 1 fully saturated rings. The fourth-order valence-electron chi connectivity index (χ4n) is 2.47. The van der Waals surface area contributed by atoms with Crippen molar-refractivity contribution in [3.05, 3.63) is 17.8 Å². The maximum atomic E-state index is 13.1. The van der Waals surface area contributed by atoms with Gasteiger partial charge in [-0.25, -0.2) is 4.98 Å². The van der Waals surface area contributed by atoms with E-state index in [1.54, 1.807) is 6.20 Å². The van der Waals surface area contributed by atoms with Gasteiger partial charge in [-0.05, 0) is 6.42 Å². The molecule has 22 heavy (non-hydrogen) atoms. The molecule has 2 heterocycles. The van der Waals surface area contributed by atoms with Crippen molar-refractivity contribution in [2.45, 2.75) is 45.3 Å². The van der Waals surface area contributed by atoms with Gasteiger partial charge in [0.15, 0.2) is 5.41 Å². The number of carboxylic acid groups (broad SMARTS) is 1. The van der Waals surface area contributed by atoms with Gasteiger partial charge >= 0.3 is 12.1 Å². The molecule has 0 radical (unpaired) electrons. The van der Waals surface area contributed by atoms with Gasteiger partial charge in [0, 0.05) is 18.5 Å². The van der Waals surface area contributed by atoms with E-state index >= 15 is 0 Å². The number of aliphatic carboxylic acids is 1. The summed E-state index contributed by atoms with van der Waals surface area (Å²) in [5.41, 5.74) is -2.94. The van der Waals surface area contributed by atoms with Crippen molar-refractivity contribution in [2.24, 2.45) is 5.41 Å². The number of carboxylic acids is 1. The highest BCUT2D eigenvalue weighted by Gasteiger charge is 2.63. The van der Waals surface area contributed by atoms with Gasteiger partial charge in [-0.15, -0.1) is 0 Å². The van der Waals surface area contributed by atoms with Crippen LogP contribution in [0, 0.1) is 5.41 Å². The number of aromatic nitrogens is 1. The minimum absolute atomic E-state index is 0.0407. The lowest BCUT2D eigenvalue weighted by atomic mass is 9.86. The normalized spacial score (nSPS) is 23.9. The van der Waals surface area contributed by atoms with Gasteiger partial charge in [0.05, 0.1) is 12.7 Å². The summed E-state index contributed by atoms with van der Waals surface area (Å²) in [4.78, 5) is 16.6. The third kappa shape index (κ3) is 2.97. The van der Waals surface area contributed by atoms with E-state index in [1.165, 1.54) is 4.90 Å². The summed E-state index contributed by atoms with van der Waals surface area (Å²) in [6.07, 6.45) is -3.68. The van der Waals surface area contributed by atoms with Crippen molar-refractivity contribution in [2.75, 3.05) is 13.1 Å². The van der Waals surface area contributed by atoms with Gasteiger partial charge in [-0.3, -0.25) is 9.69 Å². The first-order valence-corrected chi connectivity index (χ1v) is 6.93. The number of carbonyl (C=O) groups is 1. The zero-order valence-electron chi connectivity index (χ0n) is 12.7. The van der Waals surface area contributed by atoms with Crippen molar-refractivity contribution in [3.63, 3.8) is 0 Å². The number of hydrogen-bond acceptors (Lipinski definition) is 4. The topological polar surface area (TPSA) is 66.6 Å². The van der Waals surface area contributed by atoms with E-state index in [-0.39, 0.29) is 18.5 Å². The average molecular weight is 320 g/mol. The fraction of sp³-hybridized carbons (Fsp3) is 0.714. The highest BCUT2D eigenvalue weighted by atomic mass is 19.4. The van der Waals surface area contributed by atoms with E-state index in [1.807, 2.05) is 20.8 Å². The molecule has 0 bridgehead atoms. The number of rotatable bonds is 3. The van der Waals surface area contributed by atoms with Crippen LogP contribution in [0.4, 0.5) is 13.2 Å². The van der Waals surface area contributed by atoms with Crippen LogP contribution in [0.2, 0.25) is 0 Å². The molecule has 1 aliphatic heterocycles. The number of alkyl halides is 3. The van der Waals surface area contributed by atoms with Crippen molar-refractivity contribution in [1.29, 1.82) is 0 Å².